The molecule has 1 aliphatic heterocycles. The summed E-state index contributed by atoms with van der Waals surface area (Å²) in [7, 11) is 0. The van der Waals surface area contributed by atoms with Gasteiger partial charge in [0.2, 0.25) is 0 Å². The zero-order valence-corrected chi connectivity index (χ0v) is 7.08. The molecule has 0 N–H and O–H groups in total. The van der Waals surface area contributed by atoms with Crippen LogP contribution >= 0.6 is 11.8 Å². The summed E-state index contributed by atoms with van der Waals surface area (Å²) in [6.07, 6.45) is 5.83. The molecule has 1 saturated heterocycles. The van der Waals surface area contributed by atoms with Gasteiger partial charge in [0, 0.05) is 6.42 Å². The molecular formula is C8H14OS. The standard InChI is InChI=1S/C8H14OS/c9-8-5-3-1-2-4-6-10-7-8/h1-7H2. The van der Waals surface area contributed by atoms with Crippen molar-refractivity contribution in [2.24, 2.45) is 0 Å². The number of rotatable bonds is 0. The molecule has 0 saturated carbocycles. The Morgan fingerprint density at radius 1 is 1.10 bits per heavy atom. The molecule has 1 rings (SSSR count). The average molecular weight is 158 g/mol. The van der Waals surface area contributed by atoms with E-state index in [4.69, 9.17) is 0 Å². The summed E-state index contributed by atoms with van der Waals surface area (Å²) in [4.78, 5) is 11.0. The normalized spacial score (nSPS) is 23.0. The molecule has 0 unspecified atom stereocenters. The van der Waals surface area contributed by atoms with E-state index >= 15 is 0 Å². The summed E-state index contributed by atoms with van der Waals surface area (Å²) in [5.74, 6) is 2.40. The molecule has 2 heteroatoms. The van der Waals surface area contributed by atoms with Crippen LogP contribution in [0.2, 0.25) is 0 Å². The fourth-order valence-corrected chi connectivity index (χ4v) is 2.06. The first-order chi connectivity index (χ1) is 4.89. The third-order valence-corrected chi connectivity index (χ3v) is 2.86. The van der Waals surface area contributed by atoms with E-state index in [0.29, 0.717) is 5.78 Å². The van der Waals surface area contributed by atoms with Crippen LogP contribution in [0.1, 0.15) is 32.1 Å². The molecule has 0 atom stereocenters. The van der Waals surface area contributed by atoms with Crippen molar-refractivity contribution in [1.82, 2.24) is 0 Å². The Kier molecular flexibility index (Phi) is 3.88. The van der Waals surface area contributed by atoms with Gasteiger partial charge >= 0.3 is 0 Å². The van der Waals surface area contributed by atoms with Crippen LogP contribution in [0.4, 0.5) is 0 Å². The van der Waals surface area contributed by atoms with Gasteiger partial charge in [-0.25, -0.2) is 0 Å². The van der Waals surface area contributed by atoms with Crippen LogP contribution < -0.4 is 0 Å². The van der Waals surface area contributed by atoms with Crippen LogP contribution in [-0.4, -0.2) is 17.3 Å². The smallest absolute Gasteiger partial charge is 0.142 e. The third kappa shape index (κ3) is 3.25. The van der Waals surface area contributed by atoms with Crippen LogP contribution in [0.5, 0.6) is 0 Å². The molecule has 1 aliphatic rings. The third-order valence-electron chi connectivity index (χ3n) is 1.76. The summed E-state index contributed by atoms with van der Waals surface area (Å²) in [6.45, 7) is 0. The van der Waals surface area contributed by atoms with E-state index < -0.39 is 0 Å². The van der Waals surface area contributed by atoms with E-state index in [1.165, 1.54) is 25.0 Å². The average Bonchev–Trinajstić information content (AvgIpc) is 2.02. The van der Waals surface area contributed by atoms with E-state index in [2.05, 4.69) is 0 Å². The fraction of sp³-hybridized carbons (Fsp3) is 0.875. The summed E-state index contributed by atoms with van der Waals surface area (Å²) in [6, 6.07) is 0. The summed E-state index contributed by atoms with van der Waals surface area (Å²) in [5, 5.41) is 0. The Morgan fingerprint density at radius 2 is 1.90 bits per heavy atom. The Bertz CT molecular complexity index is 99.8. The first-order valence-corrected chi connectivity index (χ1v) is 5.14. The highest BCUT2D eigenvalue weighted by Gasteiger charge is 2.04. The van der Waals surface area contributed by atoms with Crippen molar-refractivity contribution in [3.05, 3.63) is 0 Å². The second-order valence-electron chi connectivity index (χ2n) is 2.76. The van der Waals surface area contributed by atoms with Crippen LogP contribution in [-0.2, 0) is 4.79 Å². The van der Waals surface area contributed by atoms with Crippen molar-refractivity contribution in [3.63, 3.8) is 0 Å². The van der Waals surface area contributed by atoms with E-state index in [1.54, 1.807) is 11.8 Å². The van der Waals surface area contributed by atoms with Gasteiger partial charge in [0.05, 0.1) is 5.75 Å². The Hall–Kier alpha value is 0.0200. The van der Waals surface area contributed by atoms with Crippen LogP contribution in [0.3, 0.4) is 0 Å². The lowest BCUT2D eigenvalue weighted by molar-refractivity contribution is -0.116. The quantitative estimate of drug-likeness (QED) is 0.538. The largest absolute Gasteiger partial charge is 0.299 e. The summed E-state index contributed by atoms with van der Waals surface area (Å²) < 4.78 is 0. The Balaban J connectivity index is 2.21. The van der Waals surface area contributed by atoms with Crippen molar-refractivity contribution < 1.29 is 4.79 Å². The topological polar surface area (TPSA) is 17.1 Å². The van der Waals surface area contributed by atoms with Crippen molar-refractivity contribution in [3.8, 4) is 0 Å². The van der Waals surface area contributed by atoms with Gasteiger partial charge in [0.1, 0.15) is 5.78 Å². The fourth-order valence-electron chi connectivity index (χ4n) is 1.14. The maximum Gasteiger partial charge on any atom is 0.142 e. The zero-order valence-electron chi connectivity index (χ0n) is 6.27. The minimum atomic E-state index is 0.451. The molecule has 58 valence electrons. The lowest BCUT2D eigenvalue weighted by atomic mass is 10.1. The van der Waals surface area contributed by atoms with Gasteiger partial charge in [-0.15, -0.1) is 0 Å². The van der Waals surface area contributed by atoms with Gasteiger partial charge in [-0.1, -0.05) is 12.8 Å². The van der Waals surface area contributed by atoms with E-state index in [1.807, 2.05) is 0 Å². The number of carbonyl (C=O) groups is 1. The molecular weight excluding hydrogens is 144 g/mol. The summed E-state index contributed by atoms with van der Waals surface area (Å²) >= 11 is 1.80. The highest BCUT2D eigenvalue weighted by Crippen LogP contribution is 2.13. The van der Waals surface area contributed by atoms with Crippen LogP contribution in [0.15, 0.2) is 0 Å². The molecule has 0 aromatic heterocycles. The molecule has 1 heterocycles. The van der Waals surface area contributed by atoms with E-state index in [-0.39, 0.29) is 0 Å². The molecule has 0 radical (unpaired) electrons. The molecule has 0 bridgehead atoms. The first-order valence-electron chi connectivity index (χ1n) is 3.99. The molecule has 0 amide bonds. The van der Waals surface area contributed by atoms with Gasteiger partial charge in [0.15, 0.2) is 0 Å². The predicted octanol–water partition coefficient (Wildman–Crippen LogP) is 2.25. The van der Waals surface area contributed by atoms with Gasteiger partial charge < -0.3 is 0 Å². The molecule has 0 aromatic rings. The Morgan fingerprint density at radius 3 is 2.80 bits per heavy atom. The number of ketones is 1. The van der Waals surface area contributed by atoms with Gasteiger partial charge in [-0.2, -0.15) is 11.8 Å². The monoisotopic (exact) mass is 158 g/mol. The number of Topliss-reactive ketones (excluding diaryl/α,β-unsaturated/α-hetero) is 1. The summed E-state index contributed by atoms with van der Waals surface area (Å²) in [5.41, 5.74) is 0. The number of hydrogen-bond donors (Lipinski definition) is 0. The van der Waals surface area contributed by atoms with E-state index in [0.717, 1.165) is 18.6 Å². The van der Waals surface area contributed by atoms with Crippen molar-refractivity contribution in [1.29, 1.82) is 0 Å². The van der Waals surface area contributed by atoms with Crippen molar-refractivity contribution in [2.75, 3.05) is 11.5 Å². The second kappa shape index (κ2) is 4.78. The lowest BCUT2D eigenvalue weighted by Gasteiger charge is -1.94. The molecule has 0 aliphatic carbocycles. The molecule has 10 heavy (non-hydrogen) atoms. The maximum absolute atomic E-state index is 11.0. The van der Waals surface area contributed by atoms with Crippen LogP contribution in [0.25, 0.3) is 0 Å². The van der Waals surface area contributed by atoms with E-state index in [9.17, 15) is 4.79 Å². The van der Waals surface area contributed by atoms with Gasteiger partial charge in [0.25, 0.3) is 0 Å². The number of hydrogen-bond acceptors (Lipinski definition) is 2. The maximum atomic E-state index is 11.0. The zero-order chi connectivity index (χ0) is 7.23. The molecule has 0 spiro atoms. The molecule has 1 nitrogen and oxygen atoms in total. The van der Waals surface area contributed by atoms with Crippen molar-refractivity contribution in [2.45, 2.75) is 32.1 Å². The predicted molar refractivity (Wildman–Crippen MR) is 45.4 cm³/mol. The molecule has 0 aromatic carbocycles. The molecule has 1 fully saturated rings. The first kappa shape index (κ1) is 8.12. The Labute approximate surface area is 66.6 Å². The number of thioether (sulfide) groups is 1. The van der Waals surface area contributed by atoms with Gasteiger partial charge in [-0.3, -0.25) is 4.79 Å². The second-order valence-corrected chi connectivity index (χ2v) is 3.86. The van der Waals surface area contributed by atoms with Gasteiger partial charge in [-0.05, 0) is 18.6 Å². The SMILES string of the molecule is O=C1CCCCCCSC1. The minimum Gasteiger partial charge on any atom is -0.299 e. The lowest BCUT2D eigenvalue weighted by Crippen LogP contribution is -1.99. The minimum absolute atomic E-state index is 0.451. The van der Waals surface area contributed by atoms with Crippen molar-refractivity contribution >= 4 is 17.5 Å². The highest BCUT2D eigenvalue weighted by molar-refractivity contribution is 7.99. The van der Waals surface area contributed by atoms with Crippen LogP contribution in [0, 0.1) is 0 Å². The number of carbonyl (C=O) groups excluding carboxylic acids is 1. The highest BCUT2D eigenvalue weighted by atomic mass is 32.2.